The molecule has 0 bridgehead atoms. The van der Waals surface area contributed by atoms with Crippen LogP contribution in [0, 0.1) is 5.82 Å². The van der Waals surface area contributed by atoms with Crippen LogP contribution in [-0.4, -0.2) is 63.1 Å². The van der Waals surface area contributed by atoms with E-state index in [4.69, 9.17) is 14.2 Å². The van der Waals surface area contributed by atoms with Gasteiger partial charge in [-0.05, 0) is 48.9 Å². The summed E-state index contributed by atoms with van der Waals surface area (Å²) < 4.78 is 29.7. The van der Waals surface area contributed by atoms with E-state index in [1.807, 2.05) is 25.1 Å². The van der Waals surface area contributed by atoms with Crippen LogP contribution in [0.1, 0.15) is 18.5 Å². The number of amides is 1. The molecule has 0 saturated carbocycles. The Kier molecular flexibility index (Phi) is 8.99. The van der Waals surface area contributed by atoms with E-state index in [-0.39, 0.29) is 23.5 Å². The number of benzene rings is 2. The molecule has 2 aromatic rings. The van der Waals surface area contributed by atoms with Gasteiger partial charge in [0.25, 0.3) is 0 Å². The molecular weight excluding hydrogens is 419 g/mol. The molecule has 1 unspecified atom stereocenters. The maximum atomic E-state index is 13.0. The minimum atomic E-state index is -0.284. The second-order valence-electron chi connectivity index (χ2n) is 7.05. The van der Waals surface area contributed by atoms with Gasteiger partial charge in [0.1, 0.15) is 5.82 Å². The quantitative estimate of drug-likeness (QED) is 0.562. The van der Waals surface area contributed by atoms with Crippen molar-refractivity contribution < 1.29 is 23.4 Å². The summed E-state index contributed by atoms with van der Waals surface area (Å²) in [6, 6.07) is 12.1. The Hall–Kier alpha value is -2.29. The maximum absolute atomic E-state index is 13.0. The molecule has 1 saturated heterocycles. The molecule has 1 heterocycles. The molecule has 6 nitrogen and oxygen atoms in total. The van der Waals surface area contributed by atoms with Crippen molar-refractivity contribution in [2.24, 2.45) is 0 Å². The summed E-state index contributed by atoms with van der Waals surface area (Å²) in [5.74, 6) is 1.30. The Morgan fingerprint density at radius 2 is 1.94 bits per heavy atom. The van der Waals surface area contributed by atoms with Crippen LogP contribution in [0.15, 0.2) is 47.4 Å². The SMILES string of the molecule is CCOc1ccc(C(CNC(=O)CSc2ccc(F)cc2)N2CCOCC2)cc1OC. The lowest BCUT2D eigenvalue weighted by molar-refractivity contribution is -0.118. The summed E-state index contributed by atoms with van der Waals surface area (Å²) >= 11 is 1.38. The topological polar surface area (TPSA) is 60.0 Å². The van der Waals surface area contributed by atoms with Crippen molar-refractivity contribution in [2.75, 3.05) is 52.3 Å². The fourth-order valence-corrected chi connectivity index (χ4v) is 4.18. The van der Waals surface area contributed by atoms with Gasteiger partial charge in [-0.2, -0.15) is 0 Å². The van der Waals surface area contributed by atoms with Gasteiger partial charge in [0.05, 0.1) is 38.7 Å². The molecular formula is C23H29FN2O4S. The number of halogens is 1. The first-order valence-corrected chi connectivity index (χ1v) is 11.4. The van der Waals surface area contributed by atoms with E-state index in [2.05, 4.69) is 10.2 Å². The lowest BCUT2D eigenvalue weighted by atomic mass is 10.0. The molecule has 8 heteroatoms. The molecule has 0 aliphatic carbocycles. The number of thioether (sulfide) groups is 1. The van der Waals surface area contributed by atoms with E-state index in [1.165, 1.54) is 23.9 Å². The Morgan fingerprint density at radius 3 is 2.61 bits per heavy atom. The zero-order valence-electron chi connectivity index (χ0n) is 17.9. The van der Waals surface area contributed by atoms with Gasteiger partial charge in [-0.25, -0.2) is 4.39 Å². The van der Waals surface area contributed by atoms with Crippen LogP contribution in [0.3, 0.4) is 0 Å². The lowest BCUT2D eigenvalue weighted by Crippen LogP contribution is -2.44. The minimum Gasteiger partial charge on any atom is -0.493 e. The smallest absolute Gasteiger partial charge is 0.230 e. The van der Waals surface area contributed by atoms with Crippen LogP contribution in [-0.2, 0) is 9.53 Å². The molecule has 3 rings (SSSR count). The summed E-state index contributed by atoms with van der Waals surface area (Å²) in [5, 5.41) is 3.05. The second-order valence-corrected chi connectivity index (χ2v) is 8.10. The van der Waals surface area contributed by atoms with E-state index in [0.29, 0.717) is 37.9 Å². The number of carbonyl (C=O) groups excluding carboxylic acids is 1. The van der Waals surface area contributed by atoms with Crippen LogP contribution in [0.2, 0.25) is 0 Å². The third-order valence-corrected chi connectivity index (χ3v) is 6.05. The number of ether oxygens (including phenoxy) is 3. The van der Waals surface area contributed by atoms with Crippen LogP contribution in [0.5, 0.6) is 11.5 Å². The maximum Gasteiger partial charge on any atom is 0.230 e. The van der Waals surface area contributed by atoms with Crippen molar-refractivity contribution >= 4 is 17.7 Å². The largest absolute Gasteiger partial charge is 0.493 e. The van der Waals surface area contributed by atoms with Crippen LogP contribution < -0.4 is 14.8 Å². The molecule has 1 aliphatic heterocycles. The Balaban J connectivity index is 1.66. The lowest BCUT2D eigenvalue weighted by Gasteiger charge is -2.35. The Labute approximate surface area is 187 Å². The van der Waals surface area contributed by atoms with Gasteiger partial charge in [0.2, 0.25) is 5.91 Å². The minimum absolute atomic E-state index is 0.00625. The second kappa shape index (κ2) is 11.9. The number of rotatable bonds is 10. The molecule has 2 aromatic carbocycles. The highest BCUT2D eigenvalue weighted by Crippen LogP contribution is 2.32. The summed E-state index contributed by atoms with van der Waals surface area (Å²) in [6.45, 7) is 5.88. The average molecular weight is 449 g/mol. The molecule has 31 heavy (non-hydrogen) atoms. The summed E-state index contributed by atoms with van der Waals surface area (Å²) in [4.78, 5) is 15.6. The van der Waals surface area contributed by atoms with E-state index in [0.717, 1.165) is 23.5 Å². The van der Waals surface area contributed by atoms with Gasteiger partial charge in [-0.3, -0.25) is 9.69 Å². The molecule has 0 aromatic heterocycles. The van der Waals surface area contributed by atoms with Crippen molar-refractivity contribution in [2.45, 2.75) is 17.9 Å². The molecule has 1 N–H and O–H groups in total. The van der Waals surface area contributed by atoms with Crippen LogP contribution in [0.4, 0.5) is 4.39 Å². The standard InChI is InChI=1S/C23H29FN2O4S/c1-3-30-21-9-4-17(14-22(21)28-2)20(26-10-12-29-13-11-26)15-25-23(27)16-31-19-7-5-18(24)6-8-19/h4-9,14,20H,3,10-13,15-16H2,1-2H3,(H,25,27). The highest BCUT2D eigenvalue weighted by Gasteiger charge is 2.24. The molecule has 1 amide bonds. The van der Waals surface area contributed by atoms with Gasteiger partial charge in [-0.15, -0.1) is 11.8 Å². The summed E-state index contributed by atoms with van der Waals surface area (Å²) in [7, 11) is 1.62. The van der Waals surface area contributed by atoms with E-state index in [1.54, 1.807) is 19.2 Å². The summed E-state index contributed by atoms with van der Waals surface area (Å²) in [5.41, 5.74) is 1.05. The number of morpholine rings is 1. The first-order valence-electron chi connectivity index (χ1n) is 10.4. The fourth-order valence-electron chi connectivity index (χ4n) is 3.45. The zero-order valence-corrected chi connectivity index (χ0v) is 18.8. The van der Waals surface area contributed by atoms with Crippen molar-refractivity contribution in [1.29, 1.82) is 0 Å². The van der Waals surface area contributed by atoms with Crippen molar-refractivity contribution in [3.05, 3.63) is 53.8 Å². The molecule has 1 aliphatic rings. The van der Waals surface area contributed by atoms with Gasteiger partial charge in [0, 0.05) is 24.5 Å². The first kappa shape index (κ1) is 23.4. The predicted molar refractivity (Wildman–Crippen MR) is 119 cm³/mol. The van der Waals surface area contributed by atoms with Crippen molar-refractivity contribution in [1.82, 2.24) is 10.2 Å². The van der Waals surface area contributed by atoms with Crippen LogP contribution >= 0.6 is 11.8 Å². The number of nitrogens with zero attached hydrogens (tertiary/aromatic N) is 1. The highest BCUT2D eigenvalue weighted by molar-refractivity contribution is 8.00. The van der Waals surface area contributed by atoms with Gasteiger partial charge in [-0.1, -0.05) is 6.07 Å². The fraction of sp³-hybridized carbons (Fsp3) is 0.435. The Bertz CT molecular complexity index is 844. The van der Waals surface area contributed by atoms with Gasteiger partial charge in [0.15, 0.2) is 11.5 Å². The molecule has 1 atom stereocenters. The van der Waals surface area contributed by atoms with E-state index >= 15 is 0 Å². The normalized spacial score (nSPS) is 15.3. The Morgan fingerprint density at radius 1 is 1.19 bits per heavy atom. The number of nitrogens with one attached hydrogen (secondary N) is 1. The zero-order chi connectivity index (χ0) is 22.1. The van der Waals surface area contributed by atoms with Gasteiger partial charge < -0.3 is 19.5 Å². The number of carbonyl (C=O) groups is 1. The molecule has 168 valence electrons. The van der Waals surface area contributed by atoms with Crippen molar-refractivity contribution in [3.8, 4) is 11.5 Å². The molecule has 0 radical (unpaired) electrons. The highest BCUT2D eigenvalue weighted by atomic mass is 32.2. The average Bonchev–Trinajstić information content (AvgIpc) is 2.80. The molecule has 0 spiro atoms. The van der Waals surface area contributed by atoms with E-state index in [9.17, 15) is 9.18 Å². The summed E-state index contributed by atoms with van der Waals surface area (Å²) in [6.07, 6.45) is 0. The third-order valence-electron chi connectivity index (χ3n) is 5.03. The monoisotopic (exact) mass is 448 g/mol. The number of hydrogen-bond donors (Lipinski definition) is 1. The number of hydrogen-bond acceptors (Lipinski definition) is 6. The first-order chi connectivity index (χ1) is 15.1. The number of methoxy groups -OCH3 is 1. The van der Waals surface area contributed by atoms with E-state index < -0.39 is 0 Å². The predicted octanol–water partition coefficient (Wildman–Crippen LogP) is 3.51. The molecule has 1 fully saturated rings. The van der Waals surface area contributed by atoms with Gasteiger partial charge >= 0.3 is 0 Å². The third kappa shape index (κ3) is 6.85. The van der Waals surface area contributed by atoms with Crippen LogP contribution in [0.25, 0.3) is 0 Å². The van der Waals surface area contributed by atoms with Crippen molar-refractivity contribution in [3.63, 3.8) is 0 Å².